The van der Waals surface area contributed by atoms with Crippen molar-refractivity contribution in [3.63, 3.8) is 0 Å². The lowest BCUT2D eigenvalue weighted by atomic mass is 9.75. The van der Waals surface area contributed by atoms with E-state index in [1.807, 2.05) is 18.2 Å². The first-order chi connectivity index (χ1) is 9.14. The summed E-state index contributed by atoms with van der Waals surface area (Å²) in [7, 11) is 1.74. The molecule has 3 nitrogen and oxygen atoms in total. The molecule has 3 rings (SSSR count). The molecule has 1 N–H and O–H groups in total. The third-order valence-corrected chi connectivity index (χ3v) is 4.86. The Morgan fingerprint density at radius 1 is 1.42 bits per heavy atom. The van der Waals surface area contributed by atoms with E-state index in [4.69, 9.17) is 9.47 Å². The maximum absolute atomic E-state index is 10.5. The molecule has 1 aliphatic heterocycles. The van der Waals surface area contributed by atoms with Crippen LogP contribution in [0.5, 0.6) is 5.75 Å². The van der Waals surface area contributed by atoms with Crippen LogP contribution in [0.25, 0.3) is 0 Å². The molecule has 0 amide bonds. The van der Waals surface area contributed by atoms with E-state index in [0.29, 0.717) is 6.42 Å². The van der Waals surface area contributed by atoms with Crippen molar-refractivity contribution in [2.45, 2.75) is 49.9 Å². The van der Waals surface area contributed by atoms with Crippen LogP contribution in [-0.2, 0) is 4.74 Å². The maximum atomic E-state index is 10.5. The van der Waals surface area contributed by atoms with Gasteiger partial charge in [0.05, 0.1) is 12.2 Å². The van der Waals surface area contributed by atoms with Crippen LogP contribution in [-0.4, -0.2) is 23.9 Å². The highest BCUT2D eigenvalue weighted by Gasteiger charge is 2.48. The molecule has 19 heavy (non-hydrogen) atoms. The highest BCUT2D eigenvalue weighted by atomic mass is 79.9. The van der Waals surface area contributed by atoms with Gasteiger partial charge in [0.25, 0.3) is 0 Å². The molecule has 3 unspecified atom stereocenters. The van der Waals surface area contributed by atoms with Gasteiger partial charge in [0, 0.05) is 23.6 Å². The van der Waals surface area contributed by atoms with Crippen molar-refractivity contribution in [3.05, 3.63) is 28.2 Å². The SMILES string of the molecule is COC1CCCCC12CC(O)c1cc(Br)ccc1O2. The zero-order valence-electron chi connectivity index (χ0n) is 11.1. The lowest BCUT2D eigenvalue weighted by Gasteiger charge is -2.47. The minimum absolute atomic E-state index is 0.0766. The van der Waals surface area contributed by atoms with Crippen molar-refractivity contribution in [3.8, 4) is 5.75 Å². The Bertz CT molecular complexity index is 476. The van der Waals surface area contributed by atoms with Crippen molar-refractivity contribution >= 4 is 15.9 Å². The molecule has 1 aliphatic carbocycles. The van der Waals surface area contributed by atoms with Gasteiger partial charge in [-0.3, -0.25) is 0 Å². The number of halogens is 1. The fourth-order valence-corrected chi connectivity index (χ4v) is 3.81. The van der Waals surface area contributed by atoms with Gasteiger partial charge in [0.1, 0.15) is 11.4 Å². The first kappa shape index (κ1) is 13.4. The van der Waals surface area contributed by atoms with Gasteiger partial charge in [-0.2, -0.15) is 0 Å². The number of aliphatic hydroxyl groups excluding tert-OH is 1. The van der Waals surface area contributed by atoms with Crippen LogP contribution in [0.1, 0.15) is 43.8 Å². The molecule has 1 aromatic rings. The van der Waals surface area contributed by atoms with Gasteiger partial charge in [-0.1, -0.05) is 22.4 Å². The molecule has 1 fully saturated rings. The molecule has 0 saturated heterocycles. The van der Waals surface area contributed by atoms with Gasteiger partial charge in [-0.15, -0.1) is 0 Å². The second-order valence-electron chi connectivity index (χ2n) is 5.54. The van der Waals surface area contributed by atoms with E-state index < -0.39 is 6.10 Å². The van der Waals surface area contributed by atoms with Crippen molar-refractivity contribution in [1.82, 2.24) is 0 Å². The standard InChI is InChI=1S/C15H19BrO3/c1-18-14-4-2-3-7-15(14)9-12(17)11-8-10(16)5-6-13(11)19-15/h5-6,8,12,14,17H,2-4,7,9H2,1H3. The Kier molecular flexibility index (Phi) is 3.58. The van der Waals surface area contributed by atoms with Crippen molar-refractivity contribution in [1.29, 1.82) is 0 Å². The van der Waals surface area contributed by atoms with E-state index >= 15 is 0 Å². The summed E-state index contributed by atoms with van der Waals surface area (Å²) in [5.41, 5.74) is 0.521. The molecule has 1 saturated carbocycles. The number of ether oxygens (including phenoxy) is 2. The maximum Gasteiger partial charge on any atom is 0.138 e. The number of rotatable bonds is 1. The van der Waals surface area contributed by atoms with Crippen LogP contribution in [0.4, 0.5) is 0 Å². The first-order valence-corrected chi connectivity index (χ1v) is 7.63. The third-order valence-electron chi connectivity index (χ3n) is 4.37. The average molecular weight is 327 g/mol. The van der Waals surface area contributed by atoms with Crippen LogP contribution in [0.2, 0.25) is 0 Å². The van der Waals surface area contributed by atoms with Crippen LogP contribution in [0.3, 0.4) is 0 Å². The van der Waals surface area contributed by atoms with Crippen LogP contribution in [0.15, 0.2) is 22.7 Å². The second-order valence-corrected chi connectivity index (χ2v) is 6.45. The molecule has 1 spiro atoms. The van der Waals surface area contributed by atoms with Crippen LogP contribution < -0.4 is 4.74 Å². The Morgan fingerprint density at radius 2 is 2.26 bits per heavy atom. The molecule has 4 heteroatoms. The minimum atomic E-state index is -0.475. The van der Waals surface area contributed by atoms with E-state index in [-0.39, 0.29) is 11.7 Å². The summed E-state index contributed by atoms with van der Waals surface area (Å²) in [6, 6.07) is 5.83. The Labute approximate surface area is 122 Å². The molecule has 3 atom stereocenters. The van der Waals surface area contributed by atoms with Crippen LogP contribution in [0, 0.1) is 0 Å². The fraction of sp³-hybridized carbons (Fsp3) is 0.600. The van der Waals surface area contributed by atoms with Crippen molar-refractivity contribution < 1.29 is 14.6 Å². The van der Waals surface area contributed by atoms with Gasteiger partial charge in [-0.25, -0.2) is 0 Å². The second kappa shape index (κ2) is 5.08. The normalized spacial score (nSPS) is 33.8. The molecule has 0 radical (unpaired) electrons. The predicted molar refractivity (Wildman–Crippen MR) is 76.3 cm³/mol. The average Bonchev–Trinajstić information content (AvgIpc) is 2.40. The van der Waals surface area contributed by atoms with Gasteiger partial charge < -0.3 is 14.6 Å². The highest BCUT2D eigenvalue weighted by molar-refractivity contribution is 9.10. The van der Waals surface area contributed by atoms with E-state index in [1.54, 1.807) is 7.11 Å². The highest BCUT2D eigenvalue weighted by Crippen LogP contribution is 2.47. The zero-order valence-corrected chi connectivity index (χ0v) is 12.6. The van der Waals surface area contributed by atoms with Gasteiger partial charge in [-0.05, 0) is 37.5 Å². The summed E-state index contributed by atoms with van der Waals surface area (Å²) in [4.78, 5) is 0. The quantitative estimate of drug-likeness (QED) is 0.857. The van der Waals surface area contributed by atoms with Crippen molar-refractivity contribution in [2.75, 3.05) is 7.11 Å². The molecule has 1 aromatic carbocycles. The fourth-order valence-electron chi connectivity index (χ4n) is 3.43. The number of aliphatic hydroxyl groups is 1. The third kappa shape index (κ3) is 2.30. The largest absolute Gasteiger partial charge is 0.484 e. The lowest BCUT2D eigenvalue weighted by molar-refractivity contribution is -0.130. The number of methoxy groups -OCH3 is 1. The summed E-state index contributed by atoms with van der Waals surface area (Å²) >= 11 is 3.44. The van der Waals surface area contributed by atoms with Crippen LogP contribution >= 0.6 is 15.9 Å². The molecule has 2 aliphatic rings. The predicted octanol–water partition coefficient (Wildman–Crippen LogP) is 3.59. The summed E-state index contributed by atoms with van der Waals surface area (Å²) < 4.78 is 12.9. The number of hydrogen-bond acceptors (Lipinski definition) is 3. The van der Waals surface area contributed by atoms with Gasteiger partial charge in [0.15, 0.2) is 0 Å². The lowest BCUT2D eigenvalue weighted by Crippen LogP contribution is -2.53. The molecule has 0 bridgehead atoms. The molecular weight excluding hydrogens is 308 g/mol. The van der Waals surface area contributed by atoms with Gasteiger partial charge >= 0.3 is 0 Å². The molecule has 104 valence electrons. The zero-order chi connectivity index (χ0) is 13.5. The number of hydrogen-bond donors (Lipinski definition) is 1. The molecule has 1 heterocycles. The van der Waals surface area contributed by atoms with Gasteiger partial charge in [0.2, 0.25) is 0 Å². The van der Waals surface area contributed by atoms with E-state index in [1.165, 1.54) is 6.42 Å². The number of benzene rings is 1. The Hall–Kier alpha value is -0.580. The molecule has 0 aromatic heterocycles. The minimum Gasteiger partial charge on any atom is -0.484 e. The van der Waals surface area contributed by atoms with E-state index in [9.17, 15) is 5.11 Å². The van der Waals surface area contributed by atoms with E-state index in [2.05, 4.69) is 15.9 Å². The monoisotopic (exact) mass is 326 g/mol. The smallest absolute Gasteiger partial charge is 0.138 e. The number of fused-ring (bicyclic) bond motifs is 1. The topological polar surface area (TPSA) is 38.7 Å². The summed E-state index contributed by atoms with van der Waals surface area (Å²) in [5, 5.41) is 10.5. The molecular formula is C15H19BrO3. The summed E-state index contributed by atoms with van der Waals surface area (Å²) in [6.07, 6.45) is 4.50. The summed E-state index contributed by atoms with van der Waals surface area (Å²) in [5.74, 6) is 0.797. The first-order valence-electron chi connectivity index (χ1n) is 6.84. The Balaban J connectivity index is 1.97. The van der Waals surface area contributed by atoms with Crippen molar-refractivity contribution in [2.24, 2.45) is 0 Å². The Morgan fingerprint density at radius 3 is 3.05 bits per heavy atom. The van der Waals surface area contributed by atoms with E-state index in [0.717, 1.165) is 35.0 Å². The summed E-state index contributed by atoms with van der Waals surface area (Å²) in [6.45, 7) is 0.